The van der Waals surface area contributed by atoms with E-state index in [1.165, 1.54) is 0 Å². The molecule has 0 N–H and O–H groups in total. The van der Waals surface area contributed by atoms with Gasteiger partial charge in [0.2, 0.25) is 0 Å². The summed E-state index contributed by atoms with van der Waals surface area (Å²) >= 11 is 0. The minimum absolute atomic E-state index is 0.104. The Labute approximate surface area is 232 Å². The molecule has 0 heterocycles. The van der Waals surface area contributed by atoms with E-state index in [9.17, 15) is 0 Å². The van der Waals surface area contributed by atoms with Gasteiger partial charge in [0.15, 0.2) is 0 Å². The van der Waals surface area contributed by atoms with Crippen molar-refractivity contribution in [2.45, 2.75) is 57.8 Å². The zero-order valence-corrected chi connectivity index (χ0v) is 22.5. The lowest BCUT2D eigenvalue weighted by molar-refractivity contribution is -0.211. The molecule has 5 rings (SSSR count). The van der Waals surface area contributed by atoms with Crippen molar-refractivity contribution in [2.24, 2.45) is 5.92 Å². The average Bonchev–Trinajstić information content (AvgIpc) is 3.00. The highest BCUT2D eigenvalue weighted by molar-refractivity contribution is 5.17. The number of ether oxygens (including phenoxy) is 4. The fraction of sp³-hybridized carbons (Fsp3) is 0.286. The molecule has 1 aliphatic rings. The summed E-state index contributed by atoms with van der Waals surface area (Å²) in [5.41, 5.74) is 4.49. The summed E-state index contributed by atoms with van der Waals surface area (Å²) in [4.78, 5) is 0. The van der Waals surface area contributed by atoms with Crippen LogP contribution in [0.4, 0.5) is 0 Å². The predicted molar refractivity (Wildman–Crippen MR) is 154 cm³/mol. The summed E-state index contributed by atoms with van der Waals surface area (Å²) in [6, 6.07) is 41.1. The molecule has 4 nitrogen and oxygen atoms in total. The second-order valence-electron chi connectivity index (χ2n) is 10.1. The number of rotatable bonds is 12. The van der Waals surface area contributed by atoms with E-state index in [2.05, 4.69) is 61.9 Å². The van der Waals surface area contributed by atoms with Crippen LogP contribution in [0.2, 0.25) is 0 Å². The van der Waals surface area contributed by atoms with Gasteiger partial charge in [-0.3, -0.25) is 0 Å². The van der Waals surface area contributed by atoms with E-state index < -0.39 is 0 Å². The molecule has 1 fully saturated rings. The first kappa shape index (κ1) is 27.3. The molecule has 1 aliphatic carbocycles. The molecule has 2 unspecified atom stereocenters. The monoisotopic (exact) mass is 521 g/mol. The van der Waals surface area contributed by atoms with E-state index in [1.54, 1.807) is 0 Å². The van der Waals surface area contributed by atoms with Crippen LogP contribution in [0.1, 0.15) is 29.2 Å². The van der Waals surface area contributed by atoms with Gasteiger partial charge in [-0.2, -0.15) is 0 Å². The predicted octanol–water partition coefficient (Wildman–Crippen LogP) is 7.18. The minimum Gasteiger partial charge on any atom is -0.370 e. The highest BCUT2D eigenvalue weighted by atomic mass is 16.6. The largest absolute Gasteiger partial charge is 0.370 e. The fourth-order valence-electron chi connectivity index (χ4n) is 5.03. The third-order valence-electron chi connectivity index (χ3n) is 7.12. The topological polar surface area (TPSA) is 36.9 Å². The summed E-state index contributed by atoms with van der Waals surface area (Å²) in [7, 11) is 0. The van der Waals surface area contributed by atoms with Crippen molar-refractivity contribution in [3.63, 3.8) is 0 Å². The number of benzene rings is 4. The summed E-state index contributed by atoms with van der Waals surface area (Å²) in [5.74, 6) is 0.104. The molecule has 0 saturated heterocycles. The van der Waals surface area contributed by atoms with Gasteiger partial charge < -0.3 is 18.9 Å². The Kier molecular flexibility index (Phi) is 9.94. The maximum atomic E-state index is 6.67. The fourth-order valence-corrected chi connectivity index (χ4v) is 5.03. The van der Waals surface area contributed by atoms with Gasteiger partial charge in [0.05, 0.1) is 38.6 Å². The van der Waals surface area contributed by atoms with Crippen LogP contribution >= 0.6 is 0 Å². The summed E-state index contributed by atoms with van der Waals surface area (Å²) in [6.07, 6.45) is 1.14. The van der Waals surface area contributed by atoms with Gasteiger partial charge in [-0.05, 0) is 34.6 Å². The van der Waals surface area contributed by atoms with Gasteiger partial charge in [0, 0.05) is 0 Å². The van der Waals surface area contributed by atoms with E-state index in [1.807, 2.05) is 72.8 Å². The lowest BCUT2D eigenvalue weighted by atomic mass is 9.81. The van der Waals surface area contributed by atoms with Crippen molar-refractivity contribution in [2.75, 3.05) is 0 Å². The van der Waals surface area contributed by atoms with Crippen molar-refractivity contribution in [1.82, 2.24) is 0 Å². The summed E-state index contributed by atoms with van der Waals surface area (Å²) in [5, 5.41) is 0. The van der Waals surface area contributed by atoms with Crippen LogP contribution in [0.25, 0.3) is 0 Å². The van der Waals surface area contributed by atoms with Crippen LogP contribution in [0.3, 0.4) is 0 Å². The maximum absolute atomic E-state index is 6.67. The van der Waals surface area contributed by atoms with Crippen LogP contribution in [0.15, 0.2) is 121 Å². The van der Waals surface area contributed by atoms with Crippen LogP contribution in [-0.2, 0) is 45.4 Å². The van der Waals surface area contributed by atoms with Crippen molar-refractivity contribution >= 4 is 0 Å². The summed E-state index contributed by atoms with van der Waals surface area (Å²) < 4.78 is 26.4. The van der Waals surface area contributed by atoms with E-state index in [0.29, 0.717) is 26.4 Å². The SMILES string of the molecule is C[C@@H]1[CH]C(OCc2ccccc2)[C@H](OCc2ccccc2)[C@H](OCc2ccccc2)C1OCc1ccccc1. The molecular weight excluding hydrogens is 484 g/mol. The van der Waals surface area contributed by atoms with Crippen molar-refractivity contribution in [1.29, 1.82) is 0 Å². The normalized spacial score (nSPS) is 22.9. The molecule has 4 aromatic carbocycles. The summed E-state index contributed by atoms with van der Waals surface area (Å²) in [6.45, 7) is 4.13. The third-order valence-corrected chi connectivity index (χ3v) is 7.12. The Bertz CT molecular complexity index is 1220. The quantitative estimate of drug-likeness (QED) is 0.198. The molecule has 0 amide bonds. The van der Waals surface area contributed by atoms with Crippen LogP contribution in [-0.4, -0.2) is 24.4 Å². The number of hydrogen-bond donors (Lipinski definition) is 0. The Balaban J connectivity index is 1.38. The first-order valence-corrected chi connectivity index (χ1v) is 13.7. The first-order chi connectivity index (χ1) is 19.3. The van der Waals surface area contributed by atoms with E-state index in [4.69, 9.17) is 18.9 Å². The number of hydrogen-bond acceptors (Lipinski definition) is 4. The lowest BCUT2D eigenvalue weighted by Gasteiger charge is -2.45. The lowest BCUT2D eigenvalue weighted by Crippen LogP contribution is -2.57. The second kappa shape index (κ2) is 14.2. The van der Waals surface area contributed by atoms with Gasteiger partial charge in [0.25, 0.3) is 0 Å². The molecule has 1 saturated carbocycles. The van der Waals surface area contributed by atoms with Crippen LogP contribution < -0.4 is 0 Å². The molecule has 5 atom stereocenters. The molecule has 0 spiro atoms. The third kappa shape index (κ3) is 7.87. The molecule has 201 valence electrons. The Morgan fingerprint density at radius 3 is 1.15 bits per heavy atom. The molecule has 0 aliphatic heterocycles. The molecule has 0 aromatic heterocycles. The van der Waals surface area contributed by atoms with Crippen LogP contribution in [0.5, 0.6) is 0 Å². The molecule has 4 heteroatoms. The smallest absolute Gasteiger partial charge is 0.113 e. The average molecular weight is 522 g/mol. The zero-order valence-electron chi connectivity index (χ0n) is 22.5. The zero-order chi connectivity index (χ0) is 26.7. The van der Waals surface area contributed by atoms with Gasteiger partial charge in [0.1, 0.15) is 12.2 Å². The van der Waals surface area contributed by atoms with Crippen molar-refractivity contribution in [3.8, 4) is 0 Å². The second-order valence-corrected chi connectivity index (χ2v) is 10.1. The molecule has 1 radical (unpaired) electrons. The maximum Gasteiger partial charge on any atom is 0.113 e. The first-order valence-electron chi connectivity index (χ1n) is 13.7. The molecule has 39 heavy (non-hydrogen) atoms. The van der Waals surface area contributed by atoms with E-state index in [0.717, 1.165) is 22.3 Å². The minimum atomic E-state index is -0.338. The highest BCUT2D eigenvalue weighted by Gasteiger charge is 2.46. The van der Waals surface area contributed by atoms with Gasteiger partial charge in [-0.15, -0.1) is 0 Å². The van der Waals surface area contributed by atoms with E-state index in [-0.39, 0.29) is 30.3 Å². The van der Waals surface area contributed by atoms with Gasteiger partial charge in [-0.1, -0.05) is 128 Å². The standard InChI is InChI=1S/C35H37O4/c1-27-22-32(36-23-28-14-6-2-7-15-28)34(38-25-30-18-10-4-11-19-30)35(39-26-31-20-12-5-13-21-31)33(27)37-24-29-16-8-3-9-17-29/h2-22,27,32-35H,23-26H2,1H3/t27-,32?,33?,34+,35-/m1/s1. The van der Waals surface area contributed by atoms with Crippen LogP contribution in [0, 0.1) is 12.3 Å². The molecule has 0 bridgehead atoms. The van der Waals surface area contributed by atoms with Crippen molar-refractivity contribution < 1.29 is 18.9 Å². The Morgan fingerprint density at radius 1 is 0.410 bits per heavy atom. The molecule has 4 aromatic rings. The van der Waals surface area contributed by atoms with Gasteiger partial charge in [-0.25, -0.2) is 0 Å². The van der Waals surface area contributed by atoms with E-state index >= 15 is 0 Å². The Hall–Kier alpha value is -3.28. The molecular formula is C35H37O4. The van der Waals surface area contributed by atoms with Gasteiger partial charge >= 0.3 is 0 Å². The Morgan fingerprint density at radius 2 is 0.744 bits per heavy atom. The van der Waals surface area contributed by atoms with Crippen molar-refractivity contribution in [3.05, 3.63) is 150 Å². The highest BCUT2D eigenvalue weighted by Crippen LogP contribution is 2.35.